The van der Waals surface area contributed by atoms with E-state index in [1.807, 2.05) is 19.9 Å². The average molecular weight is 559 g/mol. The Bertz CT molecular complexity index is 1500. The molecule has 39 heavy (non-hydrogen) atoms. The van der Waals surface area contributed by atoms with E-state index in [0.29, 0.717) is 22.7 Å². The number of carbonyl (C=O) groups is 1. The first-order valence-corrected chi connectivity index (χ1v) is 12.9. The van der Waals surface area contributed by atoms with Crippen LogP contribution in [-0.2, 0) is 16.6 Å². The quantitative estimate of drug-likeness (QED) is 0.231. The van der Waals surface area contributed by atoms with Crippen LogP contribution in [0.5, 0.6) is 0 Å². The topological polar surface area (TPSA) is 137 Å². The van der Waals surface area contributed by atoms with Crippen LogP contribution in [0.4, 0.5) is 24.8 Å². The number of carboxylic acids is 1. The summed E-state index contributed by atoms with van der Waals surface area (Å²) in [6.45, 7) is 3.68. The van der Waals surface area contributed by atoms with Crippen LogP contribution in [0.25, 0.3) is 21.6 Å². The van der Waals surface area contributed by atoms with Gasteiger partial charge in [-0.05, 0) is 60.1 Å². The molecule has 1 aliphatic rings. The summed E-state index contributed by atoms with van der Waals surface area (Å²) in [6, 6.07) is 6.16. The Balaban J connectivity index is 1.49. The molecule has 1 fully saturated rings. The SMILES string of the molecule is CC1(C)C[C@](O)(c2ncc(-c3cc(Nc4nccc(C(F)(F)F)n4)cc(-c4cn[nH]c4)c3)s2)CC[C@H]1C(=O)O. The van der Waals surface area contributed by atoms with E-state index in [1.54, 1.807) is 30.7 Å². The number of alkyl halides is 3. The second-order valence-electron chi connectivity index (χ2n) is 10.3. The van der Waals surface area contributed by atoms with Crippen molar-refractivity contribution in [3.63, 3.8) is 0 Å². The van der Waals surface area contributed by atoms with Crippen LogP contribution in [0.2, 0.25) is 0 Å². The van der Waals surface area contributed by atoms with Crippen molar-refractivity contribution in [2.24, 2.45) is 11.3 Å². The summed E-state index contributed by atoms with van der Waals surface area (Å²) < 4.78 is 39.5. The highest BCUT2D eigenvalue weighted by Crippen LogP contribution is 2.51. The molecule has 3 aromatic heterocycles. The highest BCUT2D eigenvalue weighted by atomic mass is 32.1. The molecule has 0 saturated heterocycles. The maximum atomic E-state index is 13.2. The zero-order valence-corrected chi connectivity index (χ0v) is 21.8. The van der Waals surface area contributed by atoms with Crippen LogP contribution in [0.15, 0.2) is 49.1 Å². The molecule has 0 aliphatic heterocycles. The van der Waals surface area contributed by atoms with E-state index in [0.717, 1.165) is 28.3 Å². The third kappa shape index (κ3) is 5.50. The number of aliphatic hydroxyl groups is 1. The van der Waals surface area contributed by atoms with Gasteiger partial charge in [0.2, 0.25) is 5.95 Å². The third-order valence-corrected chi connectivity index (χ3v) is 8.23. The Morgan fingerprint density at radius 2 is 1.92 bits per heavy atom. The number of aromatic nitrogens is 5. The van der Waals surface area contributed by atoms with Gasteiger partial charge in [-0.1, -0.05) is 13.8 Å². The predicted octanol–water partition coefficient (Wildman–Crippen LogP) is 5.85. The summed E-state index contributed by atoms with van der Waals surface area (Å²) in [5.74, 6) is -1.64. The van der Waals surface area contributed by atoms with Crippen molar-refractivity contribution in [3.05, 3.63) is 59.8 Å². The number of nitrogens with one attached hydrogen (secondary N) is 2. The highest BCUT2D eigenvalue weighted by Gasteiger charge is 2.49. The van der Waals surface area contributed by atoms with Crippen molar-refractivity contribution in [1.29, 1.82) is 0 Å². The number of thiazole rings is 1. The smallest absolute Gasteiger partial charge is 0.433 e. The van der Waals surface area contributed by atoms with Gasteiger partial charge >= 0.3 is 12.1 Å². The number of rotatable bonds is 6. The zero-order valence-electron chi connectivity index (χ0n) is 21.0. The fourth-order valence-corrected chi connectivity index (χ4v) is 6.14. The number of anilines is 2. The number of hydrogen-bond acceptors (Lipinski definition) is 8. The van der Waals surface area contributed by atoms with Gasteiger partial charge in [0.1, 0.15) is 16.3 Å². The predicted molar refractivity (Wildman–Crippen MR) is 138 cm³/mol. The molecule has 2 atom stereocenters. The van der Waals surface area contributed by atoms with Gasteiger partial charge in [-0.25, -0.2) is 15.0 Å². The number of carboxylic acid groups (broad SMARTS) is 1. The summed E-state index contributed by atoms with van der Waals surface area (Å²) in [5.41, 5.74) is -0.336. The number of H-pyrrole nitrogens is 1. The molecule has 13 heteroatoms. The average Bonchev–Trinajstić information content (AvgIpc) is 3.56. The first-order chi connectivity index (χ1) is 18.3. The second kappa shape index (κ2) is 9.72. The molecule has 0 spiro atoms. The first-order valence-electron chi connectivity index (χ1n) is 12.1. The van der Waals surface area contributed by atoms with Crippen molar-refractivity contribution in [3.8, 4) is 21.6 Å². The van der Waals surface area contributed by atoms with Crippen molar-refractivity contribution in [2.45, 2.75) is 44.9 Å². The second-order valence-corrected chi connectivity index (χ2v) is 11.4. The van der Waals surface area contributed by atoms with Crippen LogP contribution in [0.3, 0.4) is 0 Å². The lowest BCUT2D eigenvalue weighted by Gasteiger charge is -2.44. The summed E-state index contributed by atoms with van der Waals surface area (Å²) in [6.07, 6.45) is 2.22. The molecule has 3 heterocycles. The molecule has 9 nitrogen and oxygen atoms in total. The fourth-order valence-electron chi connectivity index (χ4n) is 5.13. The number of aromatic amines is 1. The molecule has 4 N–H and O–H groups in total. The number of nitrogens with zero attached hydrogens (tertiary/aromatic N) is 4. The van der Waals surface area contributed by atoms with Crippen molar-refractivity contribution >= 4 is 28.9 Å². The molecule has 0 bridgehead atoms. The van der Waals surface area contributed by atoms with Crippen molar-refractivity contribution in [2.75, 3.05) is 5.32 Å². The molecule has 0 amide bonds. The summed E-state index contributed by atoms with van der Waals surface area (Å²) >= 11 is 1.29. The van der Waals surface area contributed by atoms with E-state index in [9.17, 15) is 28.2 Å². The minimum atomic E-state index is -4.61. The van der Waals surface area contributed by atoms with Gasteiger partial charge in [-0.15, -0.1) is 11.3 Å². The van der Waals surface area contributed by atoms with Gasteiger partial charge < -0.3 is 15.5 Å². The van der Waals surface area contributed by atoms with Gasteiger partial charge in [0.25, 0.3) is 0 Å². The van der Waals surface area contributed by atoms with Gasteiger partial charge in [0.15, 0.2) is 0 Å². The summed E-state index contributed by atoms with van der Waals surface area (Å²) in [5, 5.41) is 31.2. The Morgan fingerprint density at radius 1 is 1.15 bits per heavy atom. The van der Waals surface area contributed by atoms with E-state index >= 15 is 0 Å². The lowest BCUT2D eigenvalue weighted by molar-refractivity contribution is -0.154. The van der Waals surface area contributed by atoms with Crippen LogP contribution in [-0.4, -0.2) is 41.3 Å². The molecule has 0 unspecified atom stereocenters. The van der Waals surface area contributed by atoms with Crippen LogP contribution in [0.1, 0.15) is 43.8 Å². The van der Waals surface area contributed by atoms with Crippen LogP contribution >= 0.6 is 11.3 Å². The van der Waals surface area contributed by atoms with Gasteiger partial charge in [-0.2, -0.15) is 18.3 Å². The summed E-state index contributed by atoms with van der Waals surface area (Å²) in [7, 11) is 0. The van der Waals surface area contributed by atoms with Gasteiger partial charge in [0.05, 0.1) is 17.0 Å². The Kier molecular flexibility index (Phi) is 6.67. The molecule has 0 radical (unpaired) electrons. The molecular weight excluding hydrogens is 533 g/mol. The minimum absolute atomic E-state index is 0.211. The monoisotopic (exact) mass is 558 g/mol. The maximum absolute atomic E-state index is 13.2. The molecule has 5 rings (SSSR count). The van der Waals surface area contributed by atoms with E-state index in [2.05, 4.69) is 30.5 Å². The van der Waals surface area contributed by atoms with E-state index < -0.39 is 34.8 Å². The van der Waals surface area contributed by atoms with E-state index in [1.165, 1.54) is 11.3 Å². The standard InChI is InChI=1S/C26H25F3N6O3S/c1-24(2)13-25(38,5-3-18(24)21(36)37)22-31-12-19(39-22)15-7-14(16-10-32-33-11-16)8-17(9-15)34-23-30-6-4-20(35-23)26(27,28)29/h4,6-12,18,38H,3,5,13H2,1-2H3,(H,32,33)(H,36,37)(H,30,34,35)/t18-,25-/m0/s1. The molecule has 204 valence electrons. The van der Waals surface area contributed by atoms with E-state index in [4.69, 9.17) is 0 Å². The fraction of sp³-hybridized carbons (Fsp3) is 0.346. The number of benzene rings is 1. The Morgan fingerprint density at radius 3 is 2.59 bits per heavy atom. The molecule has 1 aliphatic carbocycles. The van der Waals surface area contributed by atoms with Crippen LogP contribution < -0.4 is 5.32 Å². The van der Waals surface area contributed by atoms with Crippen LogP contribution in [0, 0.1) is 11.3 Å². The molecule has 1 saturated carbocycles. The third-order valence-electron chi connectivity index (χ3n) is 6.99. The largest absolute Gasteiger partial charge is 0.481 e. The minimum Gasteiger partial charge on any atom is -0.481 e. The molecule has 1 aromatic carbocycles. The highest BCUT2D eigenvalue weighted by molar-refractivity contribution is 7.15. The maximum Gasteiger partial charge on any atom is 0.433 e. The molecular formula is C26H25F3N6O3S. The normalized spacial score (nSPS) is 21.0. The summed E-state index contributed by atoms with van der Waals surface area (Å²) in [4.78, 5) is 24.4. The molecule has 4 aromatic rings. The lowest BCUT2D eigenvalue weighted by atomic mass is 9.63. The van der Waals surface area contributed by atoms with Crippen molar-refractivity contribution in [1.82, 2.24) is 25.1 Å². The van der Waals surface area contributed by atoms with Crippen molar-refractivity contribution < 1.29 is 28.2 Å². The van der Waals surface area contributed by atoms with Gasteiger partial charge in [-0.3, -0.25) is 9.89 Å². The Labute approximate surface area is 225 Å². The van der Waals surface area contributed by atoms with E-state index in [-0.39, 0.29) is 18.8 Å². The number of aliphatic carboxylic acids is 1. The zero-order chi connectivity index (χ0) is 28.0. The lowest BCUT2D eigenvalue weighted by Crippen LogP contribution is -2.44. The van der Waals surface area contributed by atoms with Gasteiger partial charge in [0, 0.05) is 29.8 Å². The number of hydrogen-bond donors (Lipinski definition) is 4. The Hall–Kier alpha value is -3.84. The number of halogens is 3. The first kappa shape index (κ1) is 26.8.